The van der Waals surface area contributed by atoms with Gasteiger partial charge in [-0.1, -0.05) is 0 Å². The smallest absolute Gasteiger partial charge is 0.407 e. The van der Waals surface area contributed by atoms with Crippen LogP contribution >= 0.6 is 0 Å². The lowest BCUT2D eigenvalue weighted by Crippen LogP contribution is -2.59. The average molecular weight is 243 g/mol. The van der Waals surface area contributed by atoms with Gasteiger partial charge in [-0.2, -0.15) is 0 Å². The summed E-state index contributed by atoms with van der Waals surface area (Å²) in [7, 11) is 0. The molecular formula is C12H25N3O2. The number of piperidine rings is 1. The van der Waals surface area contributed by atoms with Crippen LogP contribution in [0.25, 0.3) is 0 Å². The van der Waals surface area contributed by atoms with Crippen LogP contribution in [0, 0.1) is 0 Å². The van der Waals surface area contributed by atoms with E-state index in [2.05, 4.69) is 19.2 Å². The van der Waals surface area contributed by atoms with Crippen molar-refractivity contribution in [3.05, 3.63) is 0 Å². The third-order valence-electron chi connectivity index (χ3n) is 3.02. The summed E-state index contributed by atoms with van der Waals surface area (Å²) in [6.45, 7) is 10.4. The van der Waals surface area contributed by atoms with Crippen LogP contribution in [0.1, 0.15) is 47.5 Å². The van der Waals surface area contributed by atoms with Gasteiger partial charge in [-0.15, -0.1) is 0 Å². The van der Waals surface area contributed by atoms with Crippen LogP contribution < -0.4 is 11.2 Å². The maximum absolute atomic E-state index is 11.6. The molecule has 0 aromatic heterocycles. The number of hydrazine groups is 1. The zero-order valence-corrected chi connectivity index (χ0v) is 11.5. The minimum absolute atomic E-state index is 0.00606. The number of hydrogen-bond acceptors (Lipinski definition) is 4. The first-order valence-corrected chi connectivity index (χ1v) is 6.12. The highest BCUT2D eigenvalue weighted by molar-refractivity contribution is 5.68. The van der Waals surface area contributed by atoms with Gasteiger partial charge in [-0.25, -0.2) is 9.80 Å². The fourth-order valence-corrected chi connectivity index (χ4v) is 1.84. The molecule has 100 valence electrons. The molecule has 0 radical (unpaired) electrons. The fourth-order valence-electron chi connectivity index (χ4n) is 1.84. The van der Waals surface area contributed by atoms with E-state index in [1.807, 2.05) is 20.8 Å². The van der Waals surface area contributed by atoms with Crippen molar-refractivity contribution < 1.29 is 9.53 Å². The molecule has 1 heterocycles. The van der Waals surface area contributed by atoms with Crippen LogP contribution in [0.3, 0.4) is 0 Å². The lowest BCUT2D eigenvalue weighted by Gasteiger charge is -2.42. The number of ether oxygens (including phenoxy) is 1. The Morgan fingerprint density at radius 1 is 1.47 bits per heavy atom. The van der Waals surface area contributed by atoms with Gasteiger partial charge in [-0.3, -0.25) is 5.84 Å². The molecule has 0 spiro atoms. The molecule has 17 heavy (non-hydrogen) atoms. The Labute approximate surface area is 104 Å². The standard InChI is InChI=1S/C12H25N3O2/c1-11(2,3)17-10(16)14-9-6-7-12(4,5)15(13)8-9/h9H,6-8,13H2,1-5H3,(H,14,16). The van der Waals surface area contributed by atoms with Crippen molar-refractivity contribution >= 4 is 6.09 Å². The molecule has 0 aromatic carbocycles. The van der Waals surface area contributed by atoms with E-state index in [4.69, 9.17) is 10.6 Å². The number of nitrogens with one attached hydrogen (secondary N) is 1. The van der Waals surface area contributed by atoms with E-state index >= 15 is 0 Å². The predicted molar refractivity (Wildman–Crippen MR) is 67.4 cm³/mol. The Morgan fingerprint density at radius 2 is 2.06 bits per heavy atom. The molecule has 1 saturated heterocycles. The first-order chi connectivity index (χ1) is 7.60. The third kappa shape index (κ3) is 4.52. The molecule has 0 saturated carbocycles. The number of nitrogens with zero attached hydrogens (tertiary/aromatic N) is 1. The summed E-state index contributed by atoms with van der Waals surface area (Å²) >= 11 is 0. The van der Waals surface area contributed by atoms with Gasteiger partial charge >= 0.3 is 6.09 Å². The molecular weight excluding hydrogens is 218 g/mol. The minimum atomic E-state index is -0.458. The highest BCUT2D eigenvalue weighted by Crippen LogP contribution is 2.24. The maximum Gasteiger partial charge on any atom is 0.407 e. The molecule has 1 rings (SSSR count). The summed E-state index contributed by atoms with van der Waals surface area (Å²) in [4.78, 5) is 11.6. The minimum Gasteiger partial charge on any atom is -0.444 e. The van der Waals surface area contributed by atoms with Gasteiger partial charge in [0, 0.05) is 18.1 Å². The Balaban J connectivity index is 2.42. The van der Waals surface area contributed by atoms with Crippen LogP contribution in [-0.2, 0) is 4.74 Å². The van der Waals surface area contributed by atoms with E-state index in [1.54, 1.807) is 5.01 Å². The quantitative estimate of drug-likeness (QED) is 0.687. The molecule has 0 bridgehead atoms. The molecule has 3 N–H and O–H groups in total. The van der Waals surface area contributed by atoms with Crippen molar-refractivity contribution in [3.8, 4) is 0 Å². The topological polar surface area (TPSA) is 67.6 Å². The Bertz CT molecular complexity index is 284. The number of alkyl carbamates (subject to hydrolysis) is 1. The molecule has 1 aliphatic heterocycles. The number of nitrogens with two attached hydrogens (primary N) is 1. The van der Waals surface area contributed by atoms with Gasteiger partial charge in [0.1, 0.15) is 5.60 Å². The normalized spacial score (nSPS) is 25.4. The first-order valence-electron chi connectivity index (χ1n) is 6.12. The monoisotopic (exact) mass is 243 g/mol. The molecule has 0 aromatic rings. The molecule has 1 atom stereocenters. The van der Waals surface area contributed by atoms with Crippen LogP contribution in [0.5, 0.6) is 0 Å². The number of amides is 1. The van der Waals surface area contributed by atoms with Crippen molar-refractivity contribution in [2.24, 2.45) is 5.84 Å². The van der Waals surface area contributed by atoms with E-state index in [9.17, 15) is 4.79 Å². The van der Waals surface area contributed by atoms with Crippen molar-refractivity contribution in [1.82, 2.24) is 10.3 Å². The number of hydrogen-bond donors (Lipinski definition) is 2. The van der Waals surface area contributed by atoms with Gasteiger partial charge in [0.15, 0.2) is 0 Å². The molecule has 0 aliphatic carbocycles. The van der Waals surface area contributed by atoms with Gasteiger partial charge in [0.25, 0.3) is 0 Å². The molecule has 1 amide bonds. The summed E-state index contributed by atoms with van der Waals surface area (Å²) in [5.74, 6) is 5.95. The van der Waals surface area contributed by atoms with Crippen LogP contribution in [0.2, 0.25) is 0 Å². The van der Waals surface area contributed by atoms with E-state index in [0.29, 0.717) is 6.54 Å². The average Bonchev–Trinajstić information content (AvgIpc) is 2.08. The lowest BCUT2D eigenvalue weighted by atomic mass is 9.90. The summed E-state index contributed by atoms with van der Waals surface area (Å²) in [5.41, 5.74) is -0.452. The Kier molecular flexibility index (Phi) is 4.04. The van der Waals surface area contributed by atoms with E-state index < -0.39 is 5.60 Å². The summed E-state index contributed by atoms with van der Waals surface area (Å²) in [6, 6.07) is 0.0721. The molecule has 1 aliphatic rings. The summed E-state index contributed by atoms with van der Waals surface area (Å²) in [6.07, 6.45) is 1.53. The van der Waals surface area contributed by atoms with Gasteiger partial charge in [-0.05, 0) is 47.5 Å². The zero-order valence-electron chi connectivity index (χ0n) is 11.5. The number of rotatable bonds is 1. The highest BCUT2D eigenvalue weighted by atomic mass is 16.6. The third-order valence-corrected chi connectivity index (χ3v) is 3.02. The van der Waals surface area contributed by atoms with Crippen molar-refractivity contribution in [2.75, 3.05) is 6.54 Å². The predicted octanol–water partition coefficient (Wildman–Crippen LogP) is 1.63. The number of carbonyl (C=O) groups excluding carboxylic acids is 1. The zero-order chi connectivity index (χ0) is 13.3. The second-order valence-electron chi connectivity index (χ2n) is 6.35. The summed E-state index contributed by atoms with van der Waals surface area (Å²) < 4.78 is 5.22. The first kappa shape index (κ1) is 14.3. The van der Waals surface area contributed by atoms with Crippen molar-refractivity contribution in [1.29, 1.82) is 0 Å². The second kappa shape index (κ2) is 4.82. The van der Waals surface area contributed by atoms with Crippen molar-refractivity contribution in [3.63, 3.8) is 0 Å². The van der Waals surface area contributed by atoms with Crippen molar-refractivity contribution in [2.45, 2.75) is 64.6 Å². The molecule has 5 nitrogen and oxygen atoms in total. The highest BCUT2D eigenvalue weighted by Gasteiger charge is 2.33. The van der Waals surface area contributed by atoms with E-state index in [1.165, 1.54) is 0 Å². The van der Waals surface area contributed by atoms with E-state index in [-0.39, 0.29) is 17.7 Å². The van der Waals surface area contributed by atoms with Gasteiger partial charge in [0.2, 0.25) is 0 Å². The maximum atomic E-state index is 11.6. The van der Waals surface area contributed by atoms with Crippen LogP contribution in [0.4, 0.5) is 4.79 Å². The van der Waals surface area contributed by atoms with Gasteiger partial charge in [0.05, 0.1) is 0 Å². The Hall–Kier alpha value is -0.810. The molecule has 1 fully saturated rings. The Morgan fingerprint density at radius 3 is 2.53 bits per heavy atom. The molecule has 1 unspecified atom stereocenters. The van der Waals surface area contributed by atoms with Crippen LogP contribution in [0.15, 0.2) is 0 Å². The largest absolute Gasteiger partial charge is 0.444 e. The SMILES string of the molecule is CC(C)(C)OC(=O)NC1CCC(C)(C)N(N)C1. The second-order valence-corrected chi connectivity index (χ2v) is 6.35. The van der Waals surface area contributed by atoms with Crippen LogP contribution in [-0.4, -0.2) is 34.8 Å². The number of carbonyl (C=O) groups is 1. The van der Waals surface area contributed by atoms with Gasteiger partial charge < -0.3 is 10.1 Å². The fraction of sp³-hybridized carbons (Fsp3) is 0.917. The lowest BCUT2D eigenvalue weighted by molar-refractivity contribution is 0.0325. The van der Waals surface area contributed by atoms with E-state index in [0.717, 1.165) is 12.8 Å². The molecule has 5 heteroatoms. The summed E-state index contributed by atoms with van der Waals surface area (Å²) in [5, 5.41) is 4.65.